The summed E-state index contributed by atoms with van der Waals surface area (Å²) in [5.74, 6) is 2.10. The zero-order valence-corrected chi connectivity index (χ0v) is 23.9. The van der Waals surface area contributed by atoms with Crippen LogP contribution in [0.3, 0.4) is 0 Å². The van der Waals surface area contributed by atoms with Crippen molar-refractivity contribution in [1.82, 2.24) is 4.98 Å². The van der Waals surface area contributed by atoms with Crippen LogP contribution in [0.1, 0.15) is 34.0 Å². The molecule has 1 aliphatic heterocycles. The topological polar surface area (TPSA) is 107 Å². The van der Waals surface area contributed by atoms with Crippen LogP contribution in [0, 0.1) is 6.92 Å². The highest BCUT2D eigenvalue weighted by molar-refractivity contribution is 6.32. The van der Waals surface area contributed by atoms with Crippen molar-refractivity contribution in [2.45, 2.75) is 27.1 Å². The second-order valence-electron chi connectivity index (χ2n) is 9.54. The van der Waals surface area contributed by atoms with E-state index >= 15 is 0 Å². The number of hydrogen-bond acceptors (Lipinski definition) is 7. The lowest BCUT2D eigenvalue weighted by Crippen LogP contribution is -2.28. The van der Waals surface area contributed by atoms with Crippen molar-refractivity contribution < 1.29 is 33.6 Å². The number of aromatic nitrogens is 1. The Bertz CT molecular complexity index is 1620. The smallest absolute Gasteiger partial charge is 0.411 e. The summed E-state index contributed by atoms with van der Waals surface area (Å²) in [6.45, 7) is 5.38. The van der Waals surface area contributed by atoms with Gasteiger partial charge in [0, 0.05) is 24.4 Å². The number of aldehydes is 1. The monoisotopic (exact) mass is 588 g/mol. The fraction of sp³-hybridized carbons (Fsp3) is 0.219. The zero-order valence-electron chi connectivity index (χ0n) is 23.1. The molecule has 0 aliphatic carbocycles. The lowest BCUT2D eigenvalue weighted by molar-refractivity contribution is 0.111. The summed E-state index contributed by atoms with van der Waals surface area (Å²) in [5.41, 5.74) is 5.37. The average Bonchev–Trinajstić information content (AvgIpc) is 3.00. The number of ether oxygens (including phenoxy) is 4. The minimum absolute atomic E-state index is 0.0522. The van der Waals surface area contributed by atoms with Crippen molar-refractivity contribution in [3.05, 3.63) is 94.3 Å². The van der Waals surface area contributed by atoms with Crippen LogP contribution in [-0.4, -0.2) is 42.2 Å². The lowest BCUT2D eigenvalue weighted by atomic mass is 9.96. The molecule has 0 radical (unpaired) electrons. The van der Waals surface area contributed by atoms with Gasteiger partial charge in [-0.05, 0) is 60.4 Å². The Morgan fingerprint density at radius 1 is 1.02 bits per heavy atom. The second kappa shape index (κ2) is 12.8. The highest BCUT2D eigenvalue weighted by Crippen LogP contribution is 2.37. The largest absolute Gasteiger partial charge is 0.488 e. The van der Waals surface area contributed by atoms with Gasteiger partial charge in [0.25, 0.3) is 0 Å². The Hall–Kier alpha value is -4.76. The number of carbonyl (C=O) groups excluding carboxylic acids is 1. The maximum absolute atomic E-state index is 11.8. The van der Waals surface area contributed by atoms with Gasteiger partial charge < -0.3 is 24.1 Å². The summed E-state index contributed by atoms with van der Waals surface area (Å²) in [5, 5.41) is 9.68. The van der Waals surface area contributed by atoms with Gasteiger partial charge in [0.1, 0.15) is 37.9 Å². The molecule has 1 N–H and O–H groups in total. The Morgan fingerprint density at radius 2 is 1.81 bits per heavy atom. The zero-order chi connectivity index (χ0) is 29.6. The first-order valence-corrected chi connectivity index (χ1v) is 13.7. The Balaban J connectivity index is 1.33. The maximum atomic E-state index is 11.8. The molecule has 0 saturated carbocycles. The highest BCUT2D eigenvalue weighted by Gasteiger charge is 2.17. The fourth-order valence-electron chi connectivity index (χ4n) is 4.69. The van der Waals surface area contributed by atoms with Gasteiger partial charge in [-0.25, -0.2) is 4.79 Å². The quantitative estimate of drug-likeness (QED) is 0.198. The van der Waals surface area contributed by atoms with Gasteiger partial charge in [0.05, 0.1) is 22.5 Å². The van der Waals surface area contributed by atoms with Gasteiger partial charge in [-0.2, -0.15) is 0 Å². The third-order valence-electron chi connectivity index (χ3n) is 6.91. The first kappa shape index (κ1) is 28.8. The summed E-state index contributed by atoms with van der Waals surface area (Å²) in [7, 11) is 0. The molecule has 1 amide bonds. The number of nitrogens with zero attached hydrogens (tertiary/aromatic N) is 2. The number of carbonyl (C=O) groups is 2. The van der Waals surface area contributed by atoms with Crippen LogP contribution in [0.2, 0.25) is 5.02 Å². The van der Waals surface area contributed by atoms with E-state index in [9.17, 15) is 14.7 Å². The molecule has 1 aromatic heterocycles. The minimum Gasteiger partial charge on any atom is -0.488 e. The predicted molar refractivity (Wildman–Crippen MR) is 158 cm³/mol. The molecule has 2 heterocycles. The van der Waals surface area contributed by atoms with E-state index in [-0.39, 0.29) is 36.1 Å². The SMILES string of the molecule is CCN(C(=O)O)c1cncc(COc2cc(OCc3cccc(-c4ccc5c(c4)OCCO5)c3C)c(Cl)cc2C=O)c1. The number of halogens is 1. The third-order valence-corrected chi connectivity index (χ3v) is 7.20. The number of amides is 1. The molecule has 9 nitrogen and oxygen atoms in total. The Morgan fingerprint density at radius 3 is 2.57 bits per heavy atom. The van der Waals surface area contributed by atoms with E-state index in [0.29, 0.717) is 36.5 Å². The van der Waals surface area contributed by atoms with Crippen LogP contribution in [0.5, 0.6) is 23.0 Å². The molecule has 0 atom stereocenters. The van der Waals surface area contributed by atoms with Gasteiger partial charge in [-0.3, -0.25) is 14.7 Å². The summed E-state index contributed by atoms with van der Waals surface area (Å²) in [6.07, 6.45) is 2.62. The van der Waals surface area contributed by atoms with Crippen molar-refractivity contribution in [1.29, 1.82) is 0 Å². The van der Waals surface area contributed by atoms with Crippen LogP contribution in [0.4, 0.5) is 10.5 Å². The average molecular weight is 589 g/mol. The van der Waals surface area contributed by atoms with Crippen LogP contribution in [0.15, 0.2) is 67.0 Å². The number of pyridine rings is 1. The van der Waals surface area contributed by atoms with Gasteiger partial charge >= 0.3 is 6.09 Å². The molecule has 0 spiro atoms. The summed E-state index contributed by atoms with van der Waals surface area (Å²) >= 11 is 6.46. The fourth-order valence-corrected chi connectivity index (χ4v) is 4.91. The molecule has 0 fully saturated rings. The number of benzene rings is 3. The number of fused-ring (bicyclic) bond motifs is 1. The van der Waals surface area contributed by atoms with Crippen LogP contribution < -0.4 is 23.8 Å². The van der Waals surface area contributed by atoms with Crippen molar-refractivity contribution in [2.24, 2.45) is 0 Å². The first-order valence-electron chi connectivity index (χ1n) is 13.3. The van der Waals surface area contributed by atoms with E-state index in [2.05, 4.69) is 4.98 Å². The summed E-state index contributed by atoms with van der Waals surface area (Å²) < 4.78 is 23.5. The number of anilines is 1. The molecule has 42 heavy (non-hydrogen) atoms. The molecule has 1 aliphatic rings. The molecule has 0 saturated heterocycles. The molecule has 0 bridgehead atoms. The second-order valence-corrected chi connectivity index (χ2v) is 9.95. The van der Waals surface area contributed by atoms with E-state index < -0.39 is 6.09 Å². The number of rotatable bonds is 10. The van der Waals surface area contributed by atoms with E-state index in [1.807, 2.05) is 43.3 Å². The molecule has 10 heteroatoms. The van der Waals surface area contributed by atoms with E-state index in [0.717, 1.165) is 33.8 Å². The van der Waals surface area contributed by atoms with Crippen LogP contribution in [0.25, 0.3) is 11.1 Å². The molecular weight excluding hydrogens is 560 g/mol. The molecule has 3 aromatic carbocycles. The molecule has 5 rings (SSSR count). The molecular formula is C32H29ClN2O7. The molecule has 4 aromatic rings. The van der Waals surface area contributed by atoms with Crippen LogP contribution >= 0.6 is 11.6 Å². The molecule has 216 valence electrons. The highest BCUT2D eigenvalue weighted by atomic mass is 35.5. The van der Waals surface area contributed by atoms with Gasteiger partial charge in [0.15, 0.2) is 17.8 Å². The summed E-state index contributed by atoms with van der Waals surface area (Å²) in [6, 6.07) is 16.7. The van der Waals surface area contributed by atoms with Crippen molar-refractivity contribution in [3.63, 3.8) is 0 Å². The first-order chi connectivity index (χ1) is 20.4. The molecule has 0 unspecified atom stereocenters. The standard InChI is InChI=1S/C32H29ClN2O7/c1-3-35(32(37)38)25-11-21(15-34-16-25)18-41-29-14-30(27(33)12-24(29)17-36)42-19-23-5-4-6-26(20(23)2)22-7-8-28-31(13-22)40-10-9-39-28/h4-8,11-17H,3,9-10,18-19H2,1-2H3,(H,37,38). The van der Waals surface area contributed by atoms with E-state index in [1.54, 1.807) is 25.3 Å². The van der Waals surface area contributed by atoms with Crippen molar-refractivity contribution in [2.75, 3.05) is 24.7 Å². The van der Waals surface area contributed by atoms with Gasteiger partial charge in [-0.1, -0.05) is 35.9 Å². The van der Waals surface area contributed by atoms with Crippen molar-refractivity contribution in [3.8, 4) is 34.1 Å². The normalized spacial score (nSPS) is 12.0. The van der Waals surface area contributed by atoms with E-state index in [1.165, 1.54) is 17.2 Å². The number of carboxylic acid groups (broad SMARTS) is 1. The van der Waals surface area contributed by atoms with Crippen LogP contribution in [-0.2, 0) is 13.2 Å². The third kappa shape index (κ3) is 6.26. The van der Waals surface area contributed by atoms with E-state index in [4.69, 9.17) is 30.5 Å². The predicted octanol–water partition coefficient (Wildman–Crippen LogP) is 6.96. The summed E-state index contributed by atoms with van der Waals surface area (Å²) in [4.78, 5) is 28.6. The minimum atomic E-state index is -1.08. The van der Waals surface area contributed by atoms with Crippen molar-refractivity contribution >= 4 is 29.7 Å². The Labute approximate surface area is 248 Å². The lowest BCUT2D eigenvalue weighted by Gasteiger charge is -2.20. The number of hydrogen-bond donors (Lipinski definition) is 1. The van der Waals surface area contributed by atoms with Gasteiger partial charge in [-0.15, -0.1) is 0 Å². The Kier molecular flexibility index (Phi) is 8.78. The van der Waals surface area contributed by atoms with Gasteiger partial charge in [0.2, 0.25) is 0 Å². The maximum Gasteiger partial charge on any atom is 0.411 e.